The molecule has 0 aliphatic carbocycles. The van der Waals surface area contributed by atoms with Gasteiger partial charge < -0.3 is 4.74 Å². The van der Waals surface area contributed by atoms with Crippen molar-refractivity contribution in [3.63, 3.8) is 0 Å². The number of hydrogen-bond acceptors (Lipinski definition) is 3. The van der Waals surface area contributed by atoms with Crippen LogP contribution in [-0.2, 0) is 0 Å². The van der Waals surface area contributed by atoms with Crippen molar-refractivity contribution >= 4 is 11.4 Å². The number of rotatable bonds is 4. The summed E-state index contributed by atoms with van der Waals surface area (Å²) in [6.07, 6.45) is 0.556. The number of benzene rings is 3. The maximum absolute atomic E-state index is 14.5. The Morgan fingerprint density at radius 1 is 0.926 bits per heavy atom. The third-order valence-electron chi connectivity index (χ3n) is 4.69. The van der Waals surface area contributed by atoms with Gasteiger partial charge >= 0.3 is 0 Å². The van der Waals surface area contributed by atoms with Crippen molar-refractivity contribution in [3.05, 3.63) is 95.6 Å². The highest BCUT2D eigenvalue weighted by molar-refractivity contribution is 6.03. The quantitative estimate of drug-likeness (QED) is 0.625. The summed E-state index contributed by atoms with van der Waals surface area (Å²) in [5.41, 5.74) is 2.90. The molecule has 27 heavy (non-hydrogen) atoms. The van der Waals surface area contributed by atoms with Crippen LogP contribution in [0.5, 0.6) is 5.75 Å². The molecule has 0 bridgehead atoms. The fraction of sp³-hybridized carbons (Fsp3) is 0.136. The lowest BCUT2D eigenvalue weighted by Crippen LogP contribution is -2.20. The van der Waals surface area contributed by atoms with Crippen LogP contribution >= 0.6 is 0 Å². The molecule has 0 fully saturated rings. The molecule has 136 valence electrons. The molecule has 0 saturated carbocycles. The minimum absolute atomic E-state index is 0.224. The normalized spacial score (nSPS) is 16.3. The van der Waals surface area contributed by atoms with Crippen LogP contribution in [-0.4, -0.2) is 12.8 Å². The van der Waals surface area contributed by atoms with Crippen LogP contribution in [0, 0.1) is 11.6 Å². The Kier molecular flexibility index (Phi) is 4.59. The predicted octanol–water partition coefficient (Wildman–Crippen LogP) is 5.33. The molecule has 4 rings (SSSR count). The Morgan fingerprint density at radius 3 is 2.37 bits per heavy atom. The fourth-order valence-electron chi connectivity index (χ4n) is 3.37. The van der Waals surface area contributed by atoms with E-state index in [0.717, 1.165) is 22.6 Å². The second-order valence-electron chi connectivity index (χ2n) is 6.31. The Labute approximate surface area is 156 Å². The Balaban J connectivity index is 1.80. The minimum Gasteiger partial charge on any atom is -0.496 e. The number of ether oxygens (including phenoxy) is 1. The van der Waals surface area contributed by atoms with Crippen LogP contribution in [0.2, 0.25) is 0 Å². The third-order valence-corrected chi connectivity index (χ3v) is 4.69. The first-order valence-electron chi connectivity index (χ1n) is 8.67. The van der Waals surface area contributed by atoms with Crippen LogP contribution in [0.1, 0.15) is 23.6 Å². The molecule has 3 aromatic rings. The van der Waals surface area contributed by atoms with E-state index in [4.69, 9.17) is 4.74 Å². The molecule has 5 heteroatoms. The molecule has 1 atom stereocenters. The highest BCUT2D eigenvalue weighted by atomic mass is 19.1. The topological polar surface area (TPSA) is 24.8 Å². The largest absolute Gasteiger partial charge is 0.496 e. The van der Waals surface area contributed by atoms with Gasteiger partial charge in [0.25, 0.3) is 0 Å². The first-order chi connectivity index (χ1) is 13.2. The van der Waals surface area contributed by atoms with E-state index in [1.807, 2.05) is 24.3 Å². The average molecular weight is 364 g/mol. The summed E-state index contributed by atoms with van der Waals surface area (Å²) in [7, 11) is 1.61. The van der Waals surface area contributed by atoms with Crippen LogP contribution in [0.15, 0.2) is 77.9 Å². The molecule has 0 aromatic heterocycles. The smallest absolute Gasteiger partial charge is 0.148 e. The molecule has 1 aliphatic heterocycles. The Bertz CT molecular complexity index is 986. The standard InChI is InChI=1S/C22H18F2N2O/c1-27-22-9-5-2-6-17(22)21-14-19(15-10-12-16(23)13-11-15)25-26(21)20-8-4-3-7-18(20)24/h2-13,21H,14H2,1H3/t21-/m1/s1. The number of para-hydroxylation sites is 2. The number of nitrogens with zero attached hydrogens (tertiary/aromatic N) is 2. The van der Waals surface area contributed by atoms with Crippen molar-refractivity contribution in [2.75, 3.05) is 12.1 Å². The SMILES string of the molecule is COc1ccccc1[C@H]1CC(c2ccc(F)cc2)=NN1c1ccccc1F. The van der Waals surface area contributed by atoms with Gasteiger partial charge in [0.2, 0.25) is 0 Å². The summed E-state index contributed by atoms with van der Waals surface area (Å²) >= 11 is 0. The average Bonchev–Trinajstić information content (AvgIpc) is 3.13. The van der Waals surface area contributed by atoms with E-state index in [-0.39, 0.29) is 17.7 Å². The molecule has 0 spiro atoms. The molecule has 0 saturated heterocycles. The summed E-state index contributed by atoms with van der Waals surface area (Å²) in [5, 5.41) is 6.37. The van der Waals surface area contributed by atoms with Gasteiger partial charge in [0.15, 0.2) is 0 Å². The zero-order valence-corrected chi connectivity index (χ0v) is 14.8. The second-order valence-corrected chi connectivity index (χ2v) is 6.31. The van der Waals surface area contributed by atoms with Crippen LogP contribution < -0.4 is 9.75 Å². The number of hydrogen-bond donors (Lipinski definition) is 0. The van der Waals surface area contributed by atoms with Gasteiger partial charge in [-0.3, -0.25) is 5.01 Å². The van der Waals surface area contributed by atoms with Crippen LogP contribution in [0.25, 0.3) is 0 Å². The minimum atomic E-state index is -0.346. The van der Waals surface area contributed by atoms with Crippen molar-refractivity contribution < 1.29 is 13.5 Å². The van der Waals surface area contributed by atoms with E-state index >= 15 is 0 Å². The highest BCUT2D eigenvalue weighted by Crippen LogP contribution is 2.40. The zero-order valence-electron chi connectivity index (χ0n) is 14.8. The van der Waals surface area contributed by atoms with Gasteiger partial charge in [0.1, 0.15) is 17.4 Å². The summed E-state index contributed by atoms with van der Waals surface area (Å²) in [6.45, 7) is 0. The van der Waals surface area contributed by atoms with E-state index in [1.54, 1.807) is 42.5 Å². The van der Waals surface area contributed by atoms with Gasteiger partial charge in [0.05, 0.1) is 24.6 Å². The maximum atomic E-state index is 14.5. The van der Waals surface area contributed by atoms with E-state index in [1.165, 1.54) is 18.2 Å². The number of hydrazone groups is 1. The molecule has 0 unspecified atom stereocenters. The van der Waals surface area contributed by atoms with Gasteiger partial charge in [-0.15, -0.1) is 0 Å². The molecule has 0 radical (unpaired) electrons. The lowest BCUT2D eigenvalue weighted by Gasteiger charge is -2.25. The van der Waals surface area contributed by atoms with Gasteiger partial charge in [-0.25, -0.2) is 8.78 Å². The molecular weight excluding hydrogens is 346 g/mol. The lowest BCUT2D eigenvalue weighted by atomic mass is 9.97. The second kappa shape index (κ2) is 7.19. The molecular formula is C22H18F2N2O. The Morgan fingerprint density at radius 2 is 1.63 bits per heavy atom. The van der Waals surface area contributed by atoms with E-state index in [0.29, 0.717) is 12.1 Å². The first-order valence-corrected chi connectivity index (χ1v) is 8.67. The van der Waals surface area contributed by atoms with Crippen LogP contribution in [0.3, 0.4) is 0 Å². The van der Waals surface area contributed by atoms with E-state index < -0.39 is 0 Å². The van der Waals surface area contributed by atoms with E-state index in [9.17, 15) is 8.78 Å². The van der Waals surface area contributed by atoms with Gasteiger partial charge in [-0.1, -0.05) is 42.5 Å². The molecule has 3 aromatic carbocycles. The summed E-state index contributed by atoms with van der Waals surface area (Å²) in [6, 6.07) is 20.2. The zero-order chi connectivity index (χ0) is 18.8. The van der Waals surface area contributed by atoms with Crippen molar-refractivity contribution in [2.24, 2.45) is 5.10 Å². The van der Waals surface area contributed by atoms with E-state index in [2.05, 4.69) is 5.10 Å². The molecule has 0 N–H and O–H groups in total. The van der Waals surface area contributed by atoms with Crippen molar-refractivity contribution in [1.82, 2.24) is 0 Å². The van der Waals surface area contributed by atoms with Crippen molar-refractivity contribution in [2.45, 2.75) is 12.5 Å². The highest BCUT2D eigenvalue weighted by Gasteiger charge is 2.33. The van der Waals surface area contributed by atoms with Gasteiger partial charge in [0, 0.05) is 12.0 Å². The van der Waals surface area contributed by atoms with Gasteiger partial charge in [-0.2, -0.15) is 5.10 Å². The third kappa shape index (κ3) is 3.28. The van der Waals surface area contributed by atoms with Crippen molar-refractivity contribution in [3.8, 4) is 5.75 Å². The van der Waals surface area contributed by atoms with Gasteiger partial charge in [-0.05, 0) is 35.9 Å². The maximum Gasteiger partial charge on any atom is 0.148 e. The summed E-state index contributed by atoms with van der Waals surface area (Å²) < 4.78 is 33.3. The monoisotopic (exact) mass is 364 g/mol. The molecule has 3 nitrogen and oxygen atoms in total. The van der Waals surface area contributed by atoms with Crippen molar-refractivity contribution in [1.29, 1.82) is 0 Å². The molecule has 1 heterocycles. The predicted molar refractivity (Wildman–Crippen MR) is 102 cm³/mol. The summed E-state index contributed by atoms with van der Waals surface area (Å²) in [5.74, 6) is 0.0745. The summed E-state index contributed by atoms with van der Waals surface area (Å²) in [4.78, 5) is 0. The fourth-order valence-corrected chi connectivity index (χ4v) is 3.37. The number of halogens is 2. The number of methoxy groups -OCH3 is 1. The Hall–Kier alpha value is -3.21. The lowest BCUT2D eigenvalue weighted by molar-refractivity contribution is 0.405. The number of anilines is 1. The molecule has 0 amide bonds. The molecule has 1 aliphatic rings. The first kappa shape index (κ1) is 17.2. The van der Waals surface area contributed by atoms with Crippen LogP contribution in [0.4, 0.5) is 14.5 Å².